The number of carbonyl (C=O) groups is 1. The third kappa shape index (κ3) is 5.73. The molecule has 0 aliphatic rings. The fourth-order valence-electron chi connectivity index (χ4n) is 2.36. The Bertz CT molecular complexity index is 704. The second-order valence-corrected chi connectivity index (χ2v) is 6.58. The number of hydrogen-bond donors (Lipinski definition) is 1. The van der Waals surface area contributed by atoms with Crippen LogP contribution in [-0.2, 0) is 4.79 Å². The monoisotopic (exact) mass is 365 g/mol. The van der Waals surface area contributed by atoms with E-state index in [4.69, 9.17) is 27.9 Å². The van der Waals surface area contributed by atoms with E-state index in [2.05, 4.69) is 5.32 Å². The topological polar surface area (TPSA) is 38.3 Å². The van der Waals surface area contributed by atoms with Gasteiger partial charge in [0.25, 0.3) is 0 Å². The Hall–Kier alpha value is -1.71. The van der Waals surface area contributed by atoms with Crippen LogP contribution in [0.2, 0.25) is 10.0 Å². The third-order valence-electron chi connectivity index (χ3n) is 3.67. The zero-order valence-electron chi connectivity index (χ0n) is 13.8. The summed E-state index contributed by atoms with van der Waals surface area (Å²) in [5.41, 5.74) is 1.98. The van der Waals surface area contributed by atoms with Crippen molar-refractivity contribution in [3.8, 4) is 5.75 Å². The largest absolute Gasteiger partial charge is 0.493 e. The second kappa shape index (κ2) is 8.95. The van der Waals surface area contributed by atoms with Crippen LogP contribution < -0.4 is 10.1 Å². The minimum Gasteiger partial charge on any atom is -0.493 e. The van der Waals surface area contributed by atoms with Crippen LogP contribution in [0.15, 0.2) is 42.5 Å². The second-order valence-electron chi connectivity index (χ2n) is 5.71. The Morgan fingerprint density at radius 2 is 1.92 bits per heavy atom. The van der Waals surface area contributed by atoms with Gasteiger partial charge < -0.3 is 10.1 Å². The van der Waals surface area contributed by atoms with Gasteiger partial charge in [-0.05, 0) is 61.7 Å². The normalized spacial score (nSPS) is 11.8. The van der Waals surface area contributed by atoms with Crippen LogP contribution in [0.4, 0.5) is 0 Å². The lowest BCUT2D eigenvalue weighted by Gasteiger charge is -2.15. The lowest BCUT2D eigenvalue weighted by atomic mass is 10.1. The van der Waals surface area contributed by atoms with Gasteiger partial charge in [0, 0.05) is 16.5 Å². The molecule has 1 amide bonds. The smallest absolute Gasteiger partial charge is 0.220 e. The Morgan fingerprint density at radius 1 is 1.17 bits per heavy atom. The number of carbonyl (C=O) groups excluding carboxylic acids is 1. The Kier molecular flexibility index (Phi) is 6.95. The average Bonchev–Trinajstić information content (AvgIpc) is 2.53. The maximum atomic E-state index is 12.0. The summed E-state index contributed by atoms with van der Waals surface area (Å²) in [5, 5.41) is 4.33. The predicted molar refractivity (Wildman–Crippen MR) is 98.9 cm³/mol. The quantitative estimate of drug-likeness (QED) is 0.672. The molecule has 5 heteroatoms. The number of benzene rings is 2. The first-order valence-electron chi connectivity index (χ1n) is 7.89. The van der Waals surface area contributed by atoms with Crippen molar-refractivity contribution in [3.63, 3.8) is 0 Å². The van der Waals surface area contributed by atoms with Crippen molar-refractivity contribution in [1.29, 1.82) is 0 Å². The molecular weight excluding hydrogens is 345 g/mol. The van der Waals surface area contributed by atoms with Gasteiger partial charge in [0.05, 0.1) is 12.6 Å². The van der Waals surface area contributed by atoms with E-state index in [0.717, 1.165) is 16.9 Å². The number of aryl methyl sites for hydroxylation is 1. The van der Waals surface area contributed by atoms with E-state index >= 15 is 0 Å². The summed E-state index contributed by atoms with van der Waals surface area (Å²) in [6.45, 7) is 4.37. The van der Waals surface area contributed by atoms with Gasteiger partial charge >= 0.3 is 0 Å². The van der Waals surface area contributed by atoms with Gasteiger partial charge in [0.15, 0.2) is 0 Å². The Balaban J connectivity index is 1.73. The van der Waals surface area contributed by atoms with E-state index < -0.39 is 0 Å². The highest BCUT2D eigenvalue weighted by atomic mass is 35.5. The van der Waals surface area contributed by atoms with E-state index in [1.807, 2.05) is 50.2 Å². The molecule has 1 unspecified atom stereocenters. The van der Waals surface area contributed by atoms with Crippen molar-refractivity contribution < 1.29 is 9.53 Å². The molecule has 0 saturated heterocycles. The van der Waals surface area contributed by atoms with Crippen LogP contribution in [0, 0.1) is 6.92 Å². The van der Waals surface area contributed by atoms with E-state index in [0.29, 0.717) is 29.5 Å². The molecule has 0 aromatic heterocycles. The molecular formula is C19H21Cl2NO2. The first-order valence-corrected chi connectivity index (χ1v) is 8.65. The predicted octanol–water partition coefficient (Wildman–Crippen LogP) is 5.34. The molecule has 2 aromatic carbocycles. The highest BCUT2D eigenvalue weighted by molar-refractivity contribution is 6.30. The minimum atomic E-state index is -0.0735. The summed E-state index contributed by atoms with van der Waals surface area (Å²) < 4.78 is 5.69. The van der Waals surface area contributed by atoms with Crippen LogP contribution in [0.5, 0.6) is 5.75 Å². The van der Waals surface area contributed by atoms with Gasteiger partial charge in [-0.25, -0.2) is 0 Å². The summed E-state index contributed by atoms with van der Waals surface area (Å²) in [6, 6.07) is 12.9. The molecule has 0 heterocycles. The number of hydrogen-bond acceptors (Lipinski definition) is 2. The molecule has 2 aromatic rings. The van der Waals surface area contributed by atoms with Gasteiger partial charge in [-0.1, -0.05) is 35.3 Å². The maximum Gasteiger partial charge on any atom is 0.220 e. The van der Waals surface area contributed by atoms with Crippen molar-refractivity contribution in [2.45, 2.75) is 32.7 Å². The van der Waals surface area contributed by atoms with Crippen LogP contribution in [0.25, 0.3) is 0 Å². The van der Waals surface area contributed by atoms with E-state index in [-0.39, 0.29) is 11.9 Å². The fraction of sp³-hybridized carbons (Fsp3) is 0.316. The molecule has 0 bridgehead atoms. The molecule has 0 aliphatic carbocycles. The number of amides is 1. The van der Waals surface area contributed by atoms with Crippen LogP contribution >= 0.6 is 23.2 Å². The first-order chi connectivity index (χ1) is 11.5. The van der Waals surface area contributed by atoms with Gasteiger partial charge in [-0.3, -0.25) is 4.79 Å². The third-order valence-corrected chi connectivity index (χ3v) is 4.14. The molecule has 0 aliphatic heterocycles. The standard InChI is InChI=1S/C19H21Cl2NO2/c1-13-11-17(21)8-9-18(13)24-10-4-7-19(23)22-14(2)15-5-3-6-16(20)12-15/h3,5-6,8-9,11-12,14H,4,7,10H2,1-2H3,(H,22,23). The van der Waals surface area contributed by atoms with Crippen molar-refractivity contribution in [2.75, 3.05) is 6.61 Å². The maximum absolute atomic E-state index is 12.0. The lowest BCUT2D eigenvalue weighted by Crippen LogP contribution is -2.26. The van der Waals surface area contributed by atoms with Crippen molar-refractivity contribution >= 4 is 29.1 Å². The summed E-state index contributed by atoms with van der Waals surface area (Å²) in [5.74, 6) is 0.797. The lowest BCUT2D eigenvalue weighted by molar-refractivity contribution is -0.121. The zero-order chi connectivity index (χ0) is 17.5. The summed E-state index contributed by atoms with van der Waals surface area (Å²) in [4.78, 5) is 12.0. The molecule has 2 rings (SSSR count). The molecule has 3 nitrogen and oxygen atoms in total. The van der Waals surface area contributed by atoms with E-state index in [9.17, 15) is 4.79 Å². The van der Waals surface area contributed by atoms with Gasteiger partial charge in [0.2, 0.25) is 5.91 Å². The molecule has 0 radical (unpaired) electrons. The number of nitrogens with one attached hydrogen (secondary N) is 1. The van der Waals surface area contributed by atoms with Crippen LogP contribution in [0.3, 0.4) is 0 Å². The van der Waals surface area contributed by atoms with E-state index in [1.165, 1.54) is 0 Å². The highest BCUT2D eigenvalue weighted by Crippen LogP contribution is 2.22. The summed E-state index contributed by atoms with van der Waals surface area (Å²) >= 11 is 11.9. The number of rotatable bonds is 7. The Labute approximate surface area is 152 Å². The van der Waals surface area contributed by atoms with Gasteiger partial charge in [-0.15, -0.1) is 0 Å². The van der Waals surface area contributed by atoms with E-state index in [1.54, 1.807) is 6.07 Å². The first kappa shape index (κ1) is 18.6. The summed E-state index contributed by atoms with van der Waals surface area (Å²) in [7, 11) is 0. The number of ether oxygens (including phenoxy) is 1. The molecule has 1 atom stereocenters. The number of halogens is 2. The molecule has 0 saturated carbocycles. The molecule has 128 valence electrons. The zero-order valence-corrected chi connectivity index (χ0v) is 15.3. The van der Waals surface area contributed by atoms with Gasteiger partial charge in [0.1, 0.15) is 5.75 Å². The highest BCUT2D eigenvalue weighted by Gasteiger charge is 2.10. The molecule has 24 heavy (non-hydrogen) atoms. The molecule has 0 fully saturated rings. The van der Waals surface area contributed by atoms with Crippen molar-refractivity contribution in [2.24, 2.45) is 0 Å². The van der Waals surface area contributed by atoms with Crippen LogP contribution in [0.1, 0.15) is 36.9 Å². The fourth-order valence-corrected chi connectivity index (χ4v) is 2.79. The van der Waals surface area contributed by atoms with Crippen molar-refractivity contribution in [1.82, 2.24) is 5.32 Å². The molecule has 0 spiro atoms. The van der Waals surface area contributed by atoms with Crippen LogP contribution in [-0.4, -0.2) is 12.5 Å². The average molecular weight is 366 g/mol. The Morgan fingerprint density at radius 3 is 2.62 bits per heavy atom. The molecule has 1 N–H and O–H groups in total. The SMILES string of the molecule is Cc1cc(Cl)ccc1OCCCC(=O)NC(C)c1cccc(Cl)c1. The van der Waals surface area contributed by atoms with Gasteiger partial charge in [-0.2, -0.15) is 0 Å². The van der Waals surface area contributed by atoms with Crippen molar-refractivity contribution in [3.05, 3.63) is 63.6 Å². The summed E-state index contributed by atoms with van der Waals surface area (Å²) in [6.07, 6.45) is 1.06. The minimum absolute atomic E-state index is 0.00102.